The second-order valence-electron chi connectivity index (χ2n) is 6.35. The van der Waals surface area contributed by atoms with E-state index in [1.807, 2.05) is 45.9 Å². The Morgan fingerprint density at radius 1 is 1.29 bits per heavy atom. The average molecular weight is 331 g/mol. The molecular weight excluding hydrogens is 306 g/mol. The number of aryl methyl sites for hydroxylation is 2. The van der Waals surface area contributed by atoms with Crippen LogP contribution in [0.1, 0.15) is 49.4 Å². The molecule has 4 amide bonds. The molecule has 2 unspecified atom stereocenters. The van der Waals surface area contributed by atoms with Gasteiger partial charge in [-0.25, -0.2) is 4.79 Å². The molecule has 1 fully saturated rings. The predicted molar refractivity (Wildman–Crippen MR) is 91.4 cm³/mol. The van der Waals surface area contributed by atoms with Crippen LogP contribution in [0.25, 0.3) is 0 Å². The first-order valence-corrected chi connectivity index (χ1v) is 8.31. The first-order valence-electron chi connectivity index (χ1n) is 8.31. The van der Waals surface area contributed by atoms with Gasteiger partial charge in [-0.05, 0) is 43.9 Å². The molecule has 2 atom stereocenters. The third-order valence-electron chi connectivity index (χ3n) is 4.39. The van der Waals surface area contributed by atoms with Gasteiger partial charge in [0, 0.05) is 0 Å². The largest absolute Gasteiger partial charge is 0.348 e. The zero-order valence-corrected chi connectivity index (χ0v) is 14.7. The molecule has 24 heavy (non-hydrogen) atoms. The first-order chi connectivity index (χ1) is 11.3. The van der Waals surface area contributed by atoms with Crippen LogP contribution >= 0.6 is 0 Å². The zero-order chi connectivity index (χ0) is 17.9. The summed E-state index contributed by atoms with van der Waals surface area (Å²) >= 11 is 0. The lowest BCUT2D eigenvalue weighted by Crippen LogP contribution is -2.41. The van der Waals surface area contributed by atoms with Crippen LogP contribution in [-0.4, -0.2) is 35.3 Å². The van der Waals surface area contributed by atoms with Crippen molar-refractivity contribution in [3.05, 3.63) is 34.9 Å². The van der Waals surface area contributed by atoms with Gasteiger partial charge in [0.15, 0.2) is 0 Å². The molecule has 0 bridgehead atoms. The monoisotopic (exact) mass is 331 g/mol. The quantitative estimate of drug-likeness (QED) is 0.785. The number of nitrogens with one attached hydrogen (secondary N) is 2. The molecule has 130 valence electrons. The molecule has 1 heterocycles. The average Bonchev–Trinajstić information content (AvgIpc) is 2.78. The summed E-state index contributed by atoms with van der Waals surface area (Å²) in [6, 6.07) is 4.83. The fourth-order valence-corrected chi connectivity index (χ4v) is 2.76. The Kier molecular flexibility index (Phi) is 5.59. The predicted octanol–water partition coefficient (Wildman–Crippen LogP) is 2.20. The molecular formula is C18H25N3O3. The van der Waals surface area contributed by atoms with Gasteiger partial charge in [-0.15, -0.1) is 0 Å². The summed E-state index contributed by atoms with van der Waals surface area (Å²) in [5, 5.41) is 5.46. The van der Waals surface area contributed by atoms with Gasteiger partial charge in [0.2, 0.25) is 5.91 Å². The van der Waals surface area contributed by atoms with E-state index in [2.05, 4.69) is 10.6 Å². The van der Waals surface area contributed by atoms with Crippen molar-refractivity contribution >= 4 is 17.8 Å². The summed E-state index contributed by atoms with van der Waals surface area (Å²) in [5.74, 6) is -0.669. The lowest BCUT2D eigenvalue weighted by atomic mass is 10.0. The van der Waals surface area contributed by atoms with Gasteiger partial charge in [-0.1, -0.05) is 31.5 Å². The molecule has 6 heteroatoms. The number of amides is 4. The molecule has 1 aliphatic heterocycles. The van der Waals surface area contributed by atoms with Crippen molar-refractivity contribution in [3.63, 3.8) is 0 Å². The number of carbonyl (C=O) groups is 3. The number of hydrogen-bond donors (Lipinski definition) is 2. The summed E-state index contributed by atoms with van der Waals surface area (Å²) < 4.78 is 0. The molecule has 2 rings (SSSR count). The topological polar surface area (TPSA) is 78.5 Å². The molecule has 6 nitrogen and oxygen atoms in total. The van der Waals surface area contributed by atoms with E-state index in [9.17, 15) is 14.4 Å². The Balaban J connectivity index is 1.96. The Labute approximate surface area is 142 Å². The van der Waals surface area contributed by atoms with E-state index >= 15 is 0 Å². The first kappa shape index (κ1) is 18.0. The molecule has 0 radical (unpaired) electrons. The Bertz CT molecular complexity index is 657. The summed E-state index contributed by atoms with van der Waals surface area (Å²) in [7, 11) is 0. The van der Waals surface area contributed by atoms with Gasteiger partial charge in [0.1, 0.15) is 12.6 Å². The van der Waals surface area contributed by atoms with Crippen LogP contribution in [0.2, 0.25) is 0 Å². The van der Waals surface area contributed by atoms with Gasteiger partial charge < -0.3 is 10.6 Å². The standard InChI is InChI=1S/C18H25N3O3/c1-5-6-15-17(23)21(18(24)20-15)10-16(22)19-13(4)14-8-7-11(2)12(3)9-14/h7-9,13,15H,5-6,10H2,1-4H3,(H,19,22)(H,20,24). The number of benzene rings is 1. The second-order valence-corrected chi connectivity index (χ2v) is 6.35. The van der Waals surface area contributed by atoms with Crippen molar-refractivity contribution in [2.75, 3.05) is 6.54 Å². The molecule has 0 saturated carbocycles. The third-order valence-corrected chi connectivity index (χ3v) is 4.39. The van der Waals surface area contributed by atoms with E-state index in [0.717, 1.165) is 22.4 Å². The van der Waals surface area contributed by atoms with Gasteiger partial charge in [-0.2, -0.15) is 0 Å². The van der Waals surface area contributed by atoms with Crippen molar-refractivity contribution in [1.29, 1.82) is 0 Å². The van der Waals surface area contributed by atoms with Crippen molar-refractivity contribution < 1.29 is 14.4 Å². The smallest absolute Gasteiger partial charge is 0.325 e. The second kappa shape index (κ2) is 7.47. The minimum Gasteiger partial charge on any atom is -0.348 e. The molecule has 1 aromatic carbocycles. The number of carbonyl (C=O) groups excluding carboxylic acids is 3. The molecule has 1 saturated heterocycles. The number of nitrogens with zero attached hydrogens (tertiary/aromatic N) is 1. The van der Waals surface area contributed by atoms with E-state index < -0.39 is 12.1 Å². The van der Waals surface area contributed by atoms with E-state index in [4.69, 9.17) is 0 Å². The highest BCUT2D eigenvalue weighted by Crippen LogP contribution is 2.17. The summed E-state index contributed by atoms with van der Waals surface area (Å²) in [6.45, 7) is 7.63. The van der Waals surface area contributed by atoms with Crippen molar-refractivity contribution in [2.45, 2.75) is 52.6 Å². The maximum atomic E-state index is 12.2. The fraction of sp³-hybridized carbons (Fsp3) is 0.500. The number of rotatable bonds is 6. The Hall–Kier alpha value is -2.37. The van der Waals surface area contributed by atoms with E-state index in [0.29, 0.717) is 6.42 Å². The third kappa shape index (κ3) is 3.93. The Morgan fingerprint density at radius 2 is 2.00 bits per heavy atom. The highest BCUT2D eigenvalue weighted by atomic mass is 16.2. The van der Waals surface area contributed by atoms with Crippen molar-refractivity contribution in [1.82, 2.24) is 15.5 Å². The lowest BCUT2D eigenvalue weighted by molar-refractivity contribution is -0.132. The van der Waals surface area contributed by atoms with Crippen LogP contribution in [0.15, 0.2) is 18.2 Å². The highest BCUT2D eigenvalue weighted by Gasteiger charge is 2.38. The van der Waals surface area contributed by atoms with Gasteiger partial charge >= 0.3 is 6.03 Å². The van der Waals surface area contributed by atoms with E-state index in [-0.39, 0.29) is 24.4 Å². The molecule has 0 spiro atoms. The molecule has 0 aromatic heterocycles. The SMILES string of the molecule is CCCC1NC(=O)N(CC(=O)NC(C)c2ccc(C)c(C)c2)C1=O. The summed E-state index contributed by atoms with van der Waals surface area (Å²) in [4.78, 5) is 37.2. The fourth-order valence-electron chi connectivity index (χ4n) is 2.76. The number of hydrogen-bond acceptors (Lipinski definition) is 3. The van der Waals surface area contributed by atoms with E-state index in [1.165, 1.54) is 5.56 Å². The van der Waals surface area contributed by atoms with Crippen molar-refractivity contribution in [3.8, 4) is 0 Å². The summed E-state index contributed by atoms with van der Waals surface area (Å²) in [5.41, 5.74) is 3.34. The number of urea groups is 1. The maximum absolute atomic E-state index is 12.2. The molecule has 1 aliphatic rings. The van der Waals surface area contributed by atoms with Crippen LogP contribution in [0.3, 0.4) is 0 Å². The zero-order valence-electron chi connectivity index (χ0n) is 14.7. The Morgan fingerprint density at radius 3 is 2.62 bits per heavy atom. The van der Waals surface area contributed by atoms with Crippen LogP contribution < -0.4 is 10.6 Å². The van der Waals surface area contributed by atoms with Gasteiger partial charge in [0.25, 0.3) is 5.91 Å². The lowest BCUT2D eigenvalue weighted by Gasteiger charge is -2.18. The molecule has 2 N–H and O–H groups in total. The van der Waals surface area contributed by atoms with Crippen LogP contribution in [0.5, 0.6) is 0 Å². The number of imide groups is 1. The van der Waals surface area contributed by atoms with Gasteiger partial charge in [-0.3, -0.25) is 14.5 Å². The highest BCUT2D eigenvalue weighted by molar-refractivity contribution is 6.06. The molecule has 0 aliphatic carbocycles. The molecule has 1 aromatic rings. The normalized spacial score (nSPS) is 18.5. The minimum atomic E-state index is -0.507. The minimum absolute atomic E-state index is 0.191. The maximum Gasteiger partial charge on any atom is 0.325 e. The van der Waals surface area contributed by atoms with E-state index in [1.54, 1.807) is 0 Å². The summed E-state index contributed by atoms with van der Waals surface area (Å²) in [6.07, 6.45) is 1.38. The van der Waals surface area contributed by atoms with Crippen LogP contribution in [0.4, 0.5) is 4.79 Å². The van der Waals surface area contributed by atoms with Crippen LogP contribution in [0, 0.1) is 13.8 Å². The van der Waals surface area contributed by atoms with Crippen LogP contribution in [-0.2, 0) is 9.59 Å². The van der Waals surface area contributed by atoms with Crippen molar-refractivity contribution in [2.24, 2.45) is 0 Å². The van der Waals surface area contributed by atoms with Gasteiger partial charge in [0.05, 0.1) is 6.04 Å².